The Labute approximate surface area is 272 Å². The number of carbonyl (C=O) groups excluding carboxylic acids is 5. The predicted octanol–water partition coefficient (Wildman–Crippen LogP) is 3.74. The average Bonchev–Trinajstić information content (AvgIpc) is 2.99. The van der Waals surface area contributed by atoms with Crippen molar-refractivity contribution >= 4 is 65.3 Å². The minimum absolute atomic E-state index is 0.0255. The van der Waals surface area contributed by atoms with Crippen LogP contribution in [0.4, 0.5) is 5.69 Å². The molecular weight excluding hydrogens is 625 g/mol. The topological polar surface area (TPSA) is 161 Å². The zero-order valence-electron chi connectivity index (χ0n) is 25.9. The SMILES string of the molecule is CCN=CC(=C(N)C(=O)N(C)c1ccc(C[C@H](NC(=O)c2c(Cl)cccc2Cl)C(=O)OCOC(=O)C(C)(C)C)cc1)N(C)C=O. The Hall–Kier alpha value is -4.42. The number of carbonyl (C=O) groups is 5. The molecule has 0 aromatic heterocycles. The van der Waals surface area contributed by atoms with Gasteiger partial charge in [0.25, 0.3) is 11.8 Å². The first-order valence-corrected chi connectivity index (χ1v) is 14.5. The molecule has 3 amide bonds. The Morgan fingerprint density at radius 1 is 1.02 bits per heavy atom. The zero-order chi connectivity index (χ0) is 33.9. The highest BCUT2D eigenvalue weighted by molar-refractivity contribution is 6.39. The van der Waals surface area contributed by atoms with E-state index < -0.39 is 42.0 Å². The number of halogens is 2. The van der Waals surface area contributed by atoms with Gasteiger partial charge in [-0.2, -0.15) is 0 Å². The van der Waals surface area contributed by atoms with Crippen LogP contribution in [0.3, 0.4) is 0 Å². The molecule has 3 N–H and O–H groups in total. The standard InChI is InChI=1S/C31H37Cl2N5O7/c1-7-35-16-24(37(5)17-39)26(34)28(41)38(6)20-13-11-19(12-14-20)15-23(29(42)44-18-45-30(43)31(2,3)4)36-27(40)25-21(32)9-8-10-22(25)33/h8-14,16-17,23H,7,15,18,34H2,1-6H3,(H,36,40)/t23-/m0/s1. The van der Waals surface area contributed by atoms with Crippen molar-refractivity contribution in [2.24, 2.45) is 16.1 Å². The number of hydrogen-bond acceptors (Lipinski definition) is 9. The number of nitrogens with one attached hydrogen (secondary N) is 1. The predicted molar refractivity (Wildman–Crippen MR) is 172 cm³/mol. The summed E-state index contributed by atoms with van der Waals surface area (Å²) in [6.07, 6.45) is 1.83. The fourth-order valence-electron chi connectivity index (χ4n) is 3.68. The third kappa shape index (κ3) is 10.3. The van der Waals surface area contributed by atoms with Crippen molar-refractivity contribution in [3.63, 3.8) is 0 Å². The van der Waals surface area contributed by atoms with Crippen LogP contribution in [0.5, 0.6) is 0 Å². The minimum Gasteiger partial charge on any atom is -0.427 e. The summed E-state index contributed by atoms with van der Waals surface area (Å²) in [5.74, 6) is -2.75. The number of allylic oxidation sites excluding steroid dienone is 1. The number of nitrogens with two attached hydrogens (primary N) is 1. The maximum Gasteiger partial charge on any atom is 0.331 e. The van der Waals surface area contributed by atoms with Crippen LogP contribution in [0.25, 0.3) is 0 Å². The number of hydrogen-bond donors (Lipinski definition) is 2. The van der Waals surface area contributed by atoms with E-state index in [1.54, 1.807) is 58.0 Å². The van der Waals surface area contributed by atoms with Gasteiger partial charge in [-0.05, 0) is 57.5 Å². The molecule has 14 heteroatoms. The second-order valence-corrected chi connectivity index (χ2v) is 11.6. The summed E-state index contributed by atoms with van der Waals surface area (Å²) < 4.78 is 10.2. The summed E-state index contributed by atoms with van der Waals surface area (Å²) in [6, 6.07) is 9.82. The van der Waals surface area contributed by atoms with Crippen molar-refractivity contribution in [3.8, 4) is 0 Å². The van der Waals surface area contributed by atoms with Gasteiger partial charge >= 0.3 is 11.9 Å². The van der Waals surface area contributed by atoms with Crippen LogP contribution < -0.4 is 16.0 Å². The lowest BCUT2D eigenvalue weighted by Crippen LogP contribution is -2.44. The lowest BCUT2D eigenvalue weighted by molar-refractivity contribution is -0.174. The minimum atomic E-state index is -1.23. The molecule has 0 saturated heterocycles. The molecule has 0 aliphatic rings. The summed E-state index contributed by atoms with van der Waals surface area (Å²) in [5, 5.41) is 2.76. The number of aliphatic imine (C=N–C) groups is 1. The fourth-order valence-corrected chi connectivity index (χ4v) is 4.25. The summed E-state index contributed by atoms with van der Waals surface area (Å²) in [4.78, 5) is 69.2. The van der Waals surface area contributed by atoms with E-state index >= 15 is 0 Å². The molecule has 2 aromatic rings. The third-order valence-corrected chi connectivity index (χ3v) is 6.92. The lowest BCUT2D eigenvalue weighted by atomic mass is 9.98. The van der Waals surface area contributed by atoms with Gasteiger partial charge in [0.1, 0.15) is 11.7 Å². The van der Waals surface area contributed by atoms with Crippen molar-refractivity contribution in [2.45, 2.75) is 40.2 Å². The molecule has 1 atom stereocenters. The average molecular weight is 663 g/mol. The van der Waals surface area contributed by atoms with E-state index in [9.17, 15) is 24.0 Å². The third-order valence-electron chi connectivity index (χ3n) is 6.29. The Kier molecular flexibility index (Phi) is 13.6. The highest BCUT2D eigenvalue weighted by Crippen LogP contribution is 2.25. The fraction of sp³-hybridized carbons (Fsp3) is 0.355. The van der Waals surface area contributed by atoms with Crippen LogP contribution in [0, 0.1) is 5.41 Å². The van der Waals surface area contributed by atoms with Gasteiger partial charge in [-0.25, -0.2) is 4.79 Å². The Morgan fingerprint density at radius 3 is 2.16 bits per heavy atom. The Balaban J connectivity index is 2.30. The van der Waals surface area contributed by atoms with Gasteiger partial charge in [-0.15, -0.1) is 0 Å². The first kappa shape index (κ1) is 36.8. The monoisotopic (exact) mass is 661 g/mol. The van der Waals surface area contributed by atoms with Gasteiger partial charge in [0.15, 0.2) is 0 Å². The number of ether oxygens (including phenoxy) is 2. The second kappa shape index (κ2) is 16.6. The molecule has 0 fully saturated rings. The molecule has 0 bridgehead atoms. The molecule has 12 nitrogen and oxygen atoms in total. The lowest BCUT2D eigenvalue weighted by Gasteiger charge is -2.22. The second-order valence-electron chi connectivity index (χ2n) is 10.8. The van der Waals surface area contributed by atoms with E-state index in [4.69, 9.17) is 38.4 Å². The molecule has 2 rings (SSSR count). The van der Waals surface area contributed by atoms with Crippen LogP contribution in [0.15, 0.2) is 58.9 Å². The number of likely N-dealkylation sites (N-methyl/N-ethyl adjacent to an activating group) is 1. The van der Waals surface area contributed by atoms with Crippen molar-refractivity contribution in [2.75, 3.05) is 32.3 Å². The van der Waals surface area contributed by atoms with Gasteiger partial charge < -0.3 is 30.3 Å². The quantitative estimate of drug-likeness (QED) is 0.108. The normalized spacial score (nSPS) is 12.5. The maximum atomic E-state index is 13.1. The summed E-state index contributed by atoms with van der Waals surface area (Å²) >= 11 is 12.4. The molecule has 0 radical (unpaired) electrons. The van der Waals surface area contributed by atoms with Crippen LogP contribution in [-0.2, 0) is 35.1 Å². The molecule has 0 spiro atoms. The molecule has 0 saturated carbocycles. The van der Waals surface area contributed by atoms with Crippen molar-refractivity contribution in [3.05, 3.63) is 75.0 Å². The Morgan fingerprint density at radius 2 is 1.62 bits per heavy atom. The molecule has 0 aliphatic heterocycles. The number of amides is 3. The van der Waals surface area contributed by atoms with Crippen molar-refractivity contribution in [1.82, 2.24) is 10.2 Å². The first-order valence-electron chi connectivity index (χ1n) is 13.8. The maximum absolute atomic E-state index is 13.1. The molecular formula is C31H37Cl2N5O7. The van der Waals surface area contributed by atoms with Crippen LogP contribution in [0.2, 0.25) is 10.0 Å². The molecule has 0 heterocycles. The largest absolute Gasteiger partial charge is 0.427 e. The number of anilines is 1. The van der Waals surface area contributed by atoms with Crippen LogP contribution >= 0.6 is 23.2 Å². The van der Waals surface area contributed by atoms with Crippen LogP contribution in [0.1, 0.15) is 43.6 Å². The van der Waals surface area contributed by atoms with Gasteiger partial charge in [0.05, 0.1) is 26.7 Å². The van der Waals surface area contributed by atoms with Gasteiger partial charge in [0, 0.05) is 39.0 Å². The summed E-state index contributed by atoms with van der Waals surface area (Å²) in [6.45, 7) is 6.52. The van der Waals surface area contributed by atoms with Gasteiger partial charge in [-0.1, -0.05) is 41.4 Å². The number of benzene rings is 2. The van der Waals surface area contributed by atoms with E-state index in [-0.39, 0.29) is 33.4 Å². The molecule has 0 unspecified atom stereocenters. The molecule has 2 aromatic carbocycles. The van der Waals surface area contributed by atoms with Crippen molar-refractivity contribution < 1.29 is 33.4 Å². The van der Waals surface area contributed by atoms with E-state index in [2.05, 4.69) is 10.3 Å². The Bertz CT molecular complexity index is 1450. The van der Waals surface area contributed by atoms with Gasteiger partial charge in [-0.3, -0.25) is 24.2 Å². The highest BCUT2D eigenvalue weighted by atomic mass is 35.5. The van der Waals surface area contributed by atoms with Gasteiger partial charge in [0.2, 0.25) is 13.2 Å². The van der Waals surface area contributed by atoms with E-state index in [1.165, 1.54) is 37.3 Å². The first-order chi connectivity index (χ1) is 21.1. The summed E-state index contributed by atoms with van der Waals surface area (Å²) in [7, 11) is 2.96. The zero-order valence-corrected chi connectivity index (χ0v) is 27.4. The smallest absolute Gasteiger partial charge is 0.331 e. The summed E-state index contributed by atoms with van der Waals surface area (Å²) in [5.41, 5.74) is 6.25. The van der Waals surface area contributed by atoms with E-state index in [1.807, 2.05) is 0 Å². The number of nitrogens with zero attached hydrogens (tertiary/aromatic N) is 3. The molecule has 242 valence electrons. The number of rotatable bonds is 13. The van der Waals surface area contributed by atoms with E-state index in [0.717, 1.165) is 4.90 Å². The highest BCUT2D eigenvalue weighted by Gasteiger charge is 2.28. The molecule has 0 aliphatic carbocycles. The molecule has 45 heavy (non-hydrogen) atoms. The van der Waals surface area contributed by atoms with Crippen LogP contribution in [-0.4, -0.2) is 74.8 Å². The number of esters is 2. The van der Waals surface area contributed by atoms with Crippen molar-refractivity contribution in [1.29, 1.82) is 0 Å². The van der Waals surface area contributed by atoms with E-state index in [0.29, 0.717) is 24.2 Å².